The second kappa shape index (κ2) is 14.3. The molecule has 1 aromatic heterocycles. The lowest BCUT2D eigenvalue weighted by molar-refractivity contribution is -0.286. The maximum Gasteiger partial charge on any atom is 0.586 e. The quantitative estimate of drug-likeness (QED) is 0.202. The van der Waals surface area contributed by atoms with Gasteiger partial charge in [0.15, 0.2) is 17.5 Å². The van der Waals surface area contributed by atoms with Crippen molar-refractivity contribution in [2.24, 2.45) is 11.8 Å². The van der Waals surface area contributed by atoms with Crippen LogP contribution in [-0.2, 0) is 44.5 Å². The highest BCUT2D eigenvalue weighted by atomic mass is 19.3. The standard InChI is InChI=1S/C29H30F2N4O12/c1-14(2)25(38)43-13-45-28(41)34-22-10-17(7-8-32-22)9-19-23(26(39)44-12-42-16(4)36)35(24(19)37)27(40)33-15(3)18-5-6-20-21(11-18)47-29(30,31)46-20/h5-8,10-11,14-15,19,23H,9,12-13H2,1-4H3,(H,33,40)(H,32,34,41)/t15-,19-,23?/m1/s1. The third-order valence-corrected chi connectivity index (χ3v) is 6.78. The molecule has 2 N–H and O–H groups in total. The molecular formula is C29H30F2N4O12. The van der Waals surface area contributed by atoms with Crippen molar-refractivity contribution in [2.75, 3.05) is 18.9 Å². The van der Waals surface area contributed by atoms with Crippen molar-refractivity contribution in [1.82, 2.24) is 15.2 Å². The topological polar surface area (TPSA) is 198 Å². The number of urea groups is 1. The molecule has 1 saturated heterocycles. The summed E-state index contributed by atoms with van der Waals surface area (Å²) in [5.74, 6) is -5.10. The van der Waals surface area contributed by atoms with Gasteiger partial charge in [0.25, 0.3) is 0 Å². The number of likely N-dealkylation sites (tertiary alicyclic amines) is 1. The summed E-state index contributed by atoms with van der Waals surface area (Å²) in [4.78, 5) is 78.8. The minimum absolute atomic E-state index is 0.00774. The van der Waals surface area contributed by atoms with E-state index in [1.165, 1.54) is 43.5 Å². The Balaban J connectivity index is 1.43. The van der Waals surface area contributed by atoms with E-state index in [0.717, 1.165) is 6.92 Å². The number of ether oxygens (including phenoxy) is 6. The monoisotopic (exact) mass is 664 g/mol. The molecule has 1 fully saturated rings. The van der Waals surface area contributed by atoms with Crippen LogP contribution in [-0.4, -0.2) is 71.7 Å². The van der Waals surface area contributed by atoms with Crippen LogP contribution in [0.3, 0.4) is 0 Å². The van der Waals surface area contributed by atoms with E-state index in [4.69, 9.17) is 14.2 Å². The zero-order valence-electron chi connectivity index (χ0n) is 25.4. The fourth-order valence-electron chi connectivity index (χ4n) is 4.44. The molecule has 18 heteroatoms. The van der Waals surface area contributed by atoms with Gasteiger partial charge in [0.2, 0.25) is 19.5 Å². The van der Waals surface area contributed by atoms with Crippen molar-refractivity contribution in [1.29, 1.82) is 0 Å². The Kier molecular flexibility index (Phi) is 10.4. The number of nitrogens with one attached hydrogen (secondary N) is 2. The minimum Gasteiger partial charge on any atom is -0.428 e. The normalized spacial score (nSPS) is 18.0. The lowest BCUT2D eigenvalue weighted by Crippen LogP contribution is -2.69. The first-order chi connectivity index (χ1) is 22.1. The SMILES string of the molecule is CC(=O)OCOC(=O)C1[C@@H](Cc2ccnc(NC(=O)OCOC(=O)C(C)C)c2)C(=O)N1C(=O)N[C@H](C)c1ccc2c(c1)OC(F)(F)O2. The number of carbonyl (C=O) groups excluding carboxylic acids is 6. The second-order valence-electron chi connectivity index (χ2n) is 10.6. The number of pyridine rings is 1. The summed E-state index contributed by atoms with van der Waals surface area (Å²) in [6.07, 6.45) is -3.62. The lowest BCUT2D eigenvalue weighted by atomic mass is 9.82. The van der Waals surface area contributed by atoms with Gasteiger partial charge in [0.05, 0.1) is 17.9 Å². The van der Waals surface area contributed by atoms with Gasteiger partial charge in [-0.15, -0.1) is 8.78 Å². The number of hydrogen-bond donors (Lipinski definition) is 2. The van der Waals surface area contributed by atoms with E-state index in [0.29, 0.717) is 16.0 Å². The molecule has 0 bridgehead atoms. The summed E-state index contributed by atoms with van der Waals surface area (Å²) < 4.78 is 54.8. The lowest BCUT2D eigenvalue weighted by Gasteiger charge is -2.44. The van der Waals surface area contributed by atoms with Gasteiger partial charge in [-0.25, -0.2) is 24.3 Å². The summed E-state index contributed by atoms with van der Waals surface area (Å²) in [7, 11) is 0. The molecule has 1 unspecified atom stereocenters. The van der Waals surface area contributed by atoms with Crippen molar-refractivity contribution in [2.45, 2.75) is 52.5 Å². The molecule has 47 heavy (non-hydrogen) atoms. The Labute approximate surface area is 265 Å². The maximum absolute atomic E-state index is 13.4. The number of imide groups is 1. The number of hydrogen-bond acceptors (Lipinski definition) is 13. The average molecular weight is 665 g/mol. The molecule has 1 aromatic carbocycles. The zero-order chi connectivity index (χ0) is 34.5. The first-order valence-electron chi connectivity index (χ1n) is 14.0. The highest BCUT2D eigenvalue weighted by molar-refractivity contribution is 6.08. The third kappa shape index (κ3) is 8.59. The molecule has 0 radical (unpaired) electrons. The Bertz CT molecular complexity index is 1570. The number of esters is 3. The van der Waals surface area contributed by atoms with E-state index in [1.54, 1.807) is 13.8 Å². The van der Waals surface area contributed by atoms with E-state index in [-0.39, 0.29) is 23.7 Å². The number of nitrogens with zero attached hydrogens (tertiary/aromatic N) is 2. The Hall–Kier alpha value is -5.55. The van der Waals surface area contributed by atoms with Crippen LogP contribution in [0.5, 0.6) is 11.5 Å². The number of carbonyl (C=O) groups is 6. The summed E-state index contributed by atoms with van der Waals surface area (Å²) in [5.41, 5.74) is 0.744. The van der Waals surface area contributed by atoms with Crippen molar-refractivity contribution < 1.29 is 66.0 Å². The van der Waals surface area contributed by atoms with Crippen LogP contribution in [0.4, 0.5) is 24.2 Å². The molecule has 4 amide bonds. The molecular weight excluding hydrogens is 634 g/mol. The van der Waals surface area contributed by atoms with Crippen LogP contribution < -0.4 is 20.1 Å². The highest BCUT2D eigenvalue weighted by Gasteiger charge is 2.55. The Morgan fingerprint density at radius 1 is 0.979 bits per heavy atom. The van der Waals surface area contributed by atoms with E-state index in [9.17, 15) is 37.5 Å². The first kappa shape index (κ1) is 34.3. The Morgan fingerprint density at radius 3 is 2.38 bits per heavy atom. The molecule has 252 valence electrons. The number of benzene rings is 1. The van der Waals surface area contributed by atoms with Crippen LogP contribution in [0.25, 0.3) is 0 Å². The summed E-state index contributed by atoms with van der Waals surface area (Å²) in [5, 5.41) is 4.87. The third-order valence-electron chi connectivity index (χ3n) is 6.78. The van der Waals surface area contributed by atoms with Gasteiger partial charge in [-0.05, 0) is 48.7 Å². The predicted octanol–water partition coefficient (Wildman–Crippen LogP) is 3.01. The molecule has 0 saturated carbocycles. The average Bonchev–Trinajstić information content (AvgIpc) is 3.31. The van der Waals surface area contributed by atoms with E-state index < -0.39 is 79.7 Å². The largest absolute Gasteiger partial charge is 0.586 e. The second-order valence-corrected chi connectivity index (χ2v) is 10.6. The smallest absolute Gasteiger partial charge is 0.428 e. The van der Waals surface area contributed by atoms with Gasteiger partial charge in [-0.1, -0.05) is 19.9 Å². The van der Waals surface area contributed by atoms with Crippen LogP contribution in [0.15, 0.2) is 36.5 Å². The van der Waals surface area contributed by atoms with Crippen molar-refractivity contribution in [3.05, 3.63) is 47.7 Å². The van der Waals surface area contributed by atoms with Crippen molar-refractivity contribution in [3.8, 4) is 11.5 Å². The van der Waals surface area contributed by atoms with Gasteiger partial charge in [0, 0.05) is 13.1 Å². The number of fused-ring (bicyclic) bond motifs is 1. The molecule has 4 rings (SSSR count). The van der Waals surface area contributed by atoms with Crippen molar-refractivity contribution in [3.63, 3.8) is 0 Å². The molecule has 3 heterocycles. The molecule has 2 aliphatic heterocycles. The van der Waals surface area contributed by atoms with Crippen LogP contribution in [0, 0.1) is 11.8 Å². The number of amides is 4. The molecule has 0 spiro atoms. The molecule has 3 atom stereocenters. The van der Waals surface area contributed by atoms with Gasteiger partial charge in [-0.2, -0.15) is 0 Å². The summed E-state index contributed by atoms with van der Waals surface area (Å²) in [6.45, 7) is 4.42. The Morgan fingerprint density at radius 2 is 1.68 bits per heavy atom. The van der Waals surface area contributed by atoms with E-state index in [1.807, 2.05) is 0 Å². The van der Waals surface area contributed by atoms with Crippen LogP contribution in [0.1, 0.15) is 44.9 Å². The fourth-order valence-corrected chi connectivity index (χ4v) is 4.44. The number of aromatic nitrogens is 1. The number of alkyl halides is 2. The fraction of sp³-hybridized carbons (Fsp3) is 0.414. The van der Waals surface area contributed by atoms with E-state index in [2.05, 4.69) is 29.8 Å². The molecule has 2 aliphatic rings. The summed E-state index contributed by atoms with van der Waals surface area (Å²) >= 11 is 0. The summed E-state index contributed by atoms with van der Waals surface area (Å²) in [6, 6.07) is 3.47. The van der Waals surface area contributed by atoms with E-state index >= 15 is 0 Å². The number of rotatable bonds is 11. The predicted molar refractivity (Wildman–Crippen MR) is 150 cm³/mol. The number of halogens is 2. The van der Waals surface area contributed by atoms with Gasteiger partial charge < -0.3 is 33.7 Å². The van der Waals surface area contributed by atoms with Gasteiger partial charge in [-0.3, -0.25) is 19.7 Å². The number of β-lactam (4-membered cyclic amide) rings is 1. The van der Waals surface area contributed by atoms with Gasteiger partial charge >= 0.3 is 36.3 Å². The van der Waals surface area contributed by atoms with Crippen molar-refractivity contribution >= 4 is 41.8 Å². The van der Waals surface area contributed by atoms with Gasteiger partial charge in [0.1, 0.15) is 5.82 Å². The first-order valence-corrected chi connectivity index (χ1v) is 14.0. The zero-order valence-corrected chi connectivity index (χ0v) is 25.4. The minimum atomic E-state index is -3.84. The highest BCUT2D eigenvalue weighted by Crippen LogP contribution is 2.42. The molecule has 16 nitrogen and oxygen atoms in total. The number of anilines is 1. The molecule has 0 aliphatic carbocycles. The molecule has 2 aromatic rings. The van der Waals surface area contributed by atoms with Crippen LogP contribution >= 0.6 is 0 Å². The maximum atomic E-state index is 13.4. The van der Waals surface area contributed by atoms with Crippen LogP contribution in [0.2, 0.25) is 0 Å².